The Morgan fingerprint density at radius 3 is 1.77 bits per heavy atom. The lowest BCUT2D eigenvalue weighted by Gasteiger charge is -2.16. The highest BCUT2D eigenvalue weighted by atomic mass is 79.9. The number of aromatic nitrogens is 1. The molecule has 0 saturated heterocycles. The normalized spacial score (nSPS) is 10.9. The van der Waals surface area contributed by atoms with Gasteiger partial charge >= 0.3 is 0 Å². The molecule has 0 atom stereocenters. The fourth-order valence-corrected chi connectivity index (χ4v) is 4.87. The number of benzene rings is 4. The highest BCUT2D eigenvalue weighted by Crippen LogP contribution is 2.43. The second kappa shape index (κ2) is 8.58. The molecule has 0 N–H and O–H groups in total. The molecule has 0 aliphatic carbocycles. The summed E-state index contributed by atoms with van der Waals surface area (Å²) < 4.78 is 3.32. The Labute approximate surface area is 195 Å². The smallest absolute Gasteiger partial charge is 0.0613 e. The van der Waals surface area contributed by atoms with Crippen molar-refractivity contribution in [3.63, 3.8) is 0 Å². The zero-order valence-electron chi connectivity index (χ0n) is 16.7. The summed E-state index contributed by atoms with van der Waals surface area (Å²) in [7, 11) is 0. The van der Waals surface area contributed by atoms with Gasteiger partial charge in [-0.05, 0) is 47.0 Å². The first-order valence-electron chi connectivity index (χ1n) is 10.1. The van der Waals surface area contributed by atoms with E-state index in [1.54, 1.807) is 0 Å². The van der Waals surface area contributed by atoms with Crippen LogP contribution in [0.1, 0.15) is 0 Å². The summed E-state index contributed by atoms with van der Waals surface area (Å²) in [6, 6.07) is 39.8. The van der Waals surface area contributed by atoms with Crippen LogP contribution in [0.3, 0.4) is 0 Å². The lowest BCUT2D eigenvalue weighted by Crippen LogP contribution is -1.99. The second-order valence-electron chi connectivity index (χ2n) is 7.32. The lowest BCUT2D eigenvalue weighted by molar-refractivity contribution is 1.10. The molecule has 0 fully saturated rings. The molecule has 31 heavy (non-hydrogen) atoms. The third-order valence-electron chi connectivity index (χ3n) is 5.35. The van der Waals surface area contributed by atoms with Crippen LogP contribution in [0.5, 0.6) is 0 Å². The van der Waals surface area contributed by atoms with Crippen LogP contribution in [-0.4, -0.2) is 4.57 Å². The van der Waals surface area contributed by atoms with Crippen LogP contribution >= 0.6 is 27.5 Å². The molecule has 0 amide bonds. The summed E-state index contributed by atoms with van der Waals surface area (Å²) in [5.41, 5.74) is 7.99. The van der Waals surface area contributed by atoms with Gasteiger partial charge in [0.05, 0.1) is 11.4 Å². The summed E-state index contributed by atoms with van der Waals surface area (Å²) in [5.74, 6) is 0. The van der Waals surface area contributed by atoms with Gasteiger partial charge in [0.25, 0.3) is 0 Å². The van der Waals surface area contributed by atoms with Crippen LogP contribution < -0.4 is 0 Å². The topological polar surface area (TPSA) is 4.93 Å². The molecule has 0 unspecified atom stereocenters. The molecule has 0 saturated carbocycles. The van der Waals surface area contributed by atoms with E-state index >= 15 is 0 Å². The summed E-state index contributed by atoms with van der Waals surface area (Å²) in [6.45, 7) is 0. The number of para-hydroxylation sites is 1. The highest BCUT2D eigenvalue weighted by Gasteiger charge is 2.21. The molecule has 3 heteroatoms. The molecule has 1 heterocycles. The molecular formula is C28H19BrClN. The van der Waals surface area contributed by atoms with E-state index in [2.05, 4.69) is 111 Å². The maximum absolute atomic E-state index is 6.25. The maximum atomic E-state index is 6.25. The zero-order valence-corrected chi connectivity index (χ0v) is 19.0. The van der Waals surface area contributed by atoms with Crippen LogP contribution in [-0.2, 0) is 0 Å². The van der Waals surface area contributed by atoms with Gasteiger partial charge in [-0.25, -0.2) is 0 Å². The van der Waals surface area contributed by atoms with Crippen LogP contribution in [0, 0.1) is 0 Å². The van der Waals surface area contributed by atoms with Crippen molar-refractivity contribution in [3.8, 4) is 39.3 Å². The van der Waals surface area contributed by atoms with Crippen molar-refractivity contribution >= 4 is 27.5 Å². The summed E-state index contributed by atoms with van der Waals surface area (Å²) in [5, 5.41) is 0.711. The van der Waals surface area contributed by atoms with Crippen molar-refractivity contribution in [1.29, 1.82) is 0 Å². The maximum Gasteiger partial charge on any atom is 0.0613 e. The average molecular weight is 485 g/mol. The molecule has 1 nitrogen and oxygen atoms in total. The lowest BCUT2D eigenvalue weighted by atomic mass is 10.0. The molecule has 150 valence electrons. The Kier molecular flexibility index (Phi) is 5.50. The molecular weight excluding hydrogens is 466 g/mol. The number of hydrogen-bond donors (Lipinski definition) is 0. The van der Waals surface area contributed by atoms with Gasteiger partial charge in [-0.15, -0.1) is 0 Å². The first kappa shape index (κ1) is 19.9. The molecule has 5 aromatic rings. The van der Waals surface area contributed by atoms with Crippen LogP contribution in [0.15, 0.2) is 120 Å². The minimum atomic E-state index is 0.711. The summed E-state index contributed by atoms with van der Waals surface area (Å²) in [6.07, 6.45) is 0. The van der Waals surface area contributed by atoms with E-state index in [-0.39, 0.29) is 0 Å². The van der Waals surface area contributed by atoms with E-state index in [0.717, 1.165) is 38.2 Å². The second-order valence-corrected chi connectivity index (χ2v) is 8.61. The van der Waals surface area contributed by atoms with Gasteiger partial charge in [-0.2, -0.15) is 0 Å². The van der Waals surface area contributed by atoms with Gasteiger partial charge < -0.3 is 4.57 Å². The Morgan fingerprint density at radius 2 is 1.16 bits per heavy atom. The van der Waals surface area contributed by atoms with E-state index < -0.39 is 0 Å². The molecule has 0 spiro atoms. The minimum Gasteiger partial charge on any atom is -0.309 e. The average Bonchev–Trinajstić information content (AvgIpc) is 3.21. The molecule has 4 aromatic carbocycles. The summed E-state index contributed by atoms with van der Waals surface area (Å²) >= 11 is 10.00. The van der Waals surface area contributed by atoms with Gasteiger partial charge in [0.1, 0.15) is 0 Å². The van der Waals surface area contributed by atoms with Gasteiger partial charge in [0.15, 0.2) is 0 Å². The molecule has 0 radical (unpaired) electrons. The van der Waals surface area contributed by atoms with E-state index in [1.165, 1.54) is 5.56 Å². The number of halogens is 2. The largest absolute Gasteiger partial charge is 0.309 e. The molecule has 0 aliphatic rings. The Morgan fingerprint density at radius 1 is 0.581 bits per heavy atom. The van der Waals surface area contributed by atoms with Crippen molar-refractivity contribution in [2.24, 2.45) is 0 Å². The fraction of sp³-hybridized carbons (Fsp3) is 0. The fourth-order valence-electron chi connectivity index (χ4n) is 3.97. The first-order valence-corrected chi connectivity index (χ1v) is 11.3. The van der Waals surface area contributed by atoms with Gasteiger partial charge in [-0.1, -0.05) is 112 Å². The Hall–Kier alpha value is -3.07. The molecule has 0 aliphatic heterocycles. The van der Waals surface area contributed by atoms with E-state index in [0.29, 0.717) is 5.02 Å². The zero-order chi connectivity index (χ0) is 21.2. The minimum absolute atomic E-state index is 0.711. The van der Waals surface area contributed by atoms with Gasteiger partial charge in [-0.3, -0.25) is 0 Å². The van der Waals surface area contributed by atoms with Crippen molar-refractivity contribution < 1.29 is 0 Å². The number of rotatable bonds is 4. The predicted octanol–water partition coefficient (Wildman–Crippen LogP) is 8.89. The molecule has 5 rings (SSSR count). The van der Waals surface area contributed by atoms with E-state index in [9.17, 15) is 0 Å². The highest BCUT2D eigenvalue weighted by molar-refractivity contribution is 9.10. The Bertz CT molecular complexity index is 1330. The van der Waals surface area contributed by atoms with E-state index in [4.69, 9.17) is 11.6 Å². The number of hydrogen-bond acceptors (Lipinski definition) is 0. The Balaban J connectivity index is 1.90. The van der Waals surface area contributed by atoms with Crippen LogP contribution in [0.4, 0.5) is 0 Å². The standard InChI is InChI=1S/C28H19BrClN/c29-26-18-22(30)16-17-24(26)25-19-27(20-10-4-1-5-11-20)31(23-14-8-3-9-15-23)28(25)21-12-6-2-7-13-21/h1-19H. The molecule has 1 aromatic heterocycles. The predicted molar refractivity (Wildman–Crippen MR) is 135 cm³/mol. The third-order valence-corrected chi connectivity index (χ3v) is 6.24. The van der Waals surface area contributed by atoms with Gasteiger partial charge in [0, 0.05) is 20.7 Å². The van der Waals surface area contributed by atoms with Crippen LogP contribution in [0.25, 0.3) is 39.3 Å². The van der Waals surface area contributed by atoms with E-state index in [1.807, 2.05) is 24.3 Å². The van der Waals surface area contributed by atoms with Crippen LogP contribution in [0.2, 0.25) is 5.02 Å². The molecule has 0 bridgehead atoms. The van der Waals surface area contributed by atoms with Crippen molar-refractivity contribution in [2.75, 3.05) is 0 Å². The number of nitrogens with zero attached hydrogens (tertiary/aromatic N) is 1. The van der Waals surface area contributed by atoms with Crippen molar-refractivity contribution in [1.82, 2.24) is 4.57 Å². The monoisotopic (exact) mass is 483 g/mol. The third kappa shape index (κ3) is 3.85. The van der Waals surface area contributed by atoms with Crippen molar-refractivity contribution in [3.05, 3.63) is 125 Å². The first-order chi connectivity index (χ1) is 15.2. The van der Waals surface area contributed by atoms with Gasteiger partial charge in [0.2, 0.25) is 0 Å². The van der Waals surface area contributed by atoms with Crippen molar-refractivity contribution in [2.45, 2.75) is 0 Å². The SMILES string of the molecule is Clc1ccc(-c2cc(-c3ccccc3)n(-c3ccccc3)c2-c2ccccc2)c(Br)c1. The summed E-state index contributed by atoms with van der Waals surface area (Å²) in [4.78, 5) is 0. The quantitative estimate of drug-likeness (QED) is 0.240.